The average Bonchev–Trinajstić information content (AvgIpc) is 2.73. The first-order valence-electron chi connectivity index (χ1n) is 10.6. The van der Waals surface area contributed by atoms with Crippen molar-refractivity contribution in [2.75, 3.05) is 31.9 Å². The molecule has 0 spiro atoms. The van der Waals surface area contributed by atoms with E-state index in [1.807, 2.05) is 24.3 Å². The molecule has 3 fully saturated rings. The second-order valence-corrected chi connectivity index (χ2v) is 10.8. The van der Waals surface area contributed by atoms with Gasteiger partial charge >= 0.3 is 0 Å². The molecule has 5 nitrogen and oxygen atoms in total. The zero-order chi connectivity index (χ0) is 20.9. The third-order valence-corrected chi connectivity index (χ3v) is 9.03. The van der Waals surface area contributed by atoms with Gasteiger partial charge in [0.1, 0.15) is 5.82 Å². The fourth-order valence-corrected chi connectivity index (χ4v) is 7.59. The summed E-state index contributed by atoms with van der Waals surface area (Å²) in [5.41, 5.74) is 1.58. The highest BCUT2D eigenvalue weighted by Crippen LogP contribution is 2.41. The van der Waals surface area contributed by atoms with E-state index in [-0.39, 0.29) is 17.5 Å². The number of hydrogen-bond acceptors (Lipinski definition) is 4. The summed E-state index contributed by atoms with van der Waals surface area (Å²) in [6.07, 6.45) is 2.31. The predicted octanol–water partition coefficient (Wildman–Crippen LogP) is 2.56. The van der Waals surface area contributed by atoms with Gasteiger partial charge in [0.15, 0.2) is 0 Å². The fourth-order valence-electron chi connectivity index (χ4n) is 5.54. The second-order valence-electron chi connectivity index (χ2n) is 8.92. The summed E-state index contributed by atoms with van der Waals surface area (Å²) in [6, 6.07) is 13.4. The SMILES string of the molecule is O=S(=O)(CC1(O)CN2CCC1CC2)N1CCc2ccccc2[C@@H]1c1ccc(F)cc1. The van der Waals surface area contributed by atoms with Gasteiger partial charge in [0.05, 0.1) is 17.4 Å². The number of fused-ring (bicyclic) bond motifs is 4. The highest BCUT2D eigenvalue weighted by Gasteiger charge is 2.50. The van der Waals surface area contributed by atoms with Gasteiger partial charge in [-0.3, -0.25) is 0 Å². The van der Waals surface area contributed by atoms with Gasteiger partial charge in [-0.2, -0.15) is 4.31 Å². The van der Waals surface area contributed by atoms with E-state index in [1.54, 1.807) is 12.1 Å². The van der Waals surface area contributed by atoms with Crippen molar-refractivity contribution in [3.05, 3.63) is 71.0 Å². The van der Waals surface area contributed by atoms with E-state index < -0.39 is 21.7 Å². The van der Waals surface area contributed by atoms with E-state index in [4.69, 9.17) is 0 Å². The lowest BCUT2D eigenvalue weighted by molar-refractivity contribution is -0.0963. The highest BCUT2D eigenvalue weighted by atomic mass is 32.2. The van der Waals surface area contributed by atoms with Crippen molar-refractivity contribution in [1.29, 1.82) is 0 Å². The number of nitrogens with zero attached hydrogens (tertiary/aromatic N) is 2. The van der Waals surface area contributed by atoms with Crippen molar-refractivity contribution in [1.82, 2.24) is 9.21 Å². The Labute approximate surface area is 177 Å². The van der Waals surface area contributed by atoms with Crippen molar-refractivity contribution in [3.8, 4) is 0 Å². The van der Waals surface area contributed by atoms with E-state index in [0.717, 1.165) is 42.6 Å². The van der Waals surface area contributed by atoms with Gasteiger partial charge in [-0.1, -0.05) is 36.4 Å². The minimum Gasteiger partial charge on any atom is -0.387 e. The van der Waals surface area contributed by atoms with Crippen LogP contribution in [0.25, 0.3) is 0 Å². The summed E-state index contributed by atoms with van der Waals surface area (Å²) in [5, 5.41) is 11.3. The lowest BCUT2D eigenvalue weighted by atomic mass is 9.76. The molecule has 0 saturated carbocycles. The Bertz CT molecular complexity index is 1030. The van der Waals surface area contributed by atoms with Crippen molar-refractivity contribution in [2.24, 2.45) is 5.92 Å². The first-order chi connectivity index (χ1) is 14.4. The molecule has 30 heavy (non-hydrogen) atoms. The van der Waals surface area contributed by atoms with Gasteiger partial charge in [-0.15, -0.1) is 0 Å². The van der Waals surface area contributed by atoms with E-state index in [9.17, 15) is 17.9 Å². The summed E-state index contributed by atoms with van der Waals surface area (Å²) in [6.45, 7) is 2.64. The van der Waals surface area contributed by atoms with Crippen LogP contribution in [0.1, 0.15) is 35.6 Å². The van der Waals surface area contributed by atoms with Crippen LogP contribution < -0.4 is 0 Å². The number of piperidine rings is 3. The predicted molar refractivity (Wildman–Crippen MR) is 113 cm³/mol. The monoisotopic (exact) mass is 430 g/mol. The Balaban J connectivity index is 1.52. The molecule has 2 aromatic carbocycles. The van der Waals surface area contributed by atoms with Crippen LogP contribution in [0, 0.1) is 11.7 Å². The molecule has 3 saturated heterocycles. The molecule has 0 aliphatic carbocycles. The average molecular weight is 431 g/mol. The second kappa shape index (κ2) is 7.41. The van der Waals surface area contributed by atoms with Crippen molar-refractivity contribution < 1.29 is 17.9 Å². The number of aliphatic hydroxyl groups is 1. The number of rotatable bonds is 4. The molecule has 1 N–H and O–H groups in total. The molecular formula is C23H27FN2O3S. The van der Waals surface area contributed by atoms with Crippen LogP contribution in [0.5, 0.6) is 0 Å². The summed E-state index contributed by atoms with van der Waals surface area (Å²) in [4.78, 5) is 2.17. The Morgan fingerprint density at radius 3 is 2.40 bits per heavy atom. The Morgan fingerprint density at radius 2 is 1.73 bits per heavy atom. The maximum atomic E-state index is 13.7. The summed E-state index contributed by atoms with van der Waals surface area (Å²) < 4.78 is 42.4. The molecule has 160 valence electrons. The van der Waals surface area contributed by atoms with Crippen LogP contribution in [-0.4, -0.2) is 60.3 Å². The third-order valence-electron chi connectivity index (χ3n) is 7.06. The first-order valence-corrected chi connectivity index (χ1v) is 12.2. The minimum atomic E-state index is -3.75. The maximum Gasteiger partial charge on any atom is 0.217 e. The van der Waals surface area contributed by atoms with E-state index in [0.29, 0.717) is 19.5 Å². The molecular weight excluding hydrogens is 403 g/mol. The topological polar surface area (TPSA) is 60.9 Å². The molecule has 2 aromatic rings. The smallest absolute Gasteiger partial charge is 0.217 e. The molecule has 0 radical (unpaired) electrons. The lowest BCUT2D eigenvalue weighted by Gasteiger charge is -2.50. The first kappa shape index (κ1) is 20.1. The van der Waals surface area contributed by atoms with Crippen molar-refractivity contribution in [3.63, 3.8) is 0 Å². The Hall–Kier alpha value is -1.80. The van der Waals surface area contributed by atoms with E-state index >= 15 is 0 Å². The molecule has 4 aliphatic heterocycles. The number of benzene rings is 2. The quantitative estimate of drug-likeness (QED) is 0.810. The van der Waals surface area contributed by atoms with Crippen LogP contribution in [0.3, 0.4) is 0 Å². The molecule has 2 atom stereocenters. The normalized spacial score (nSPS) is 31.5. The molecule has 4 aliphatic rings. The zero-order valence-corrected chi connectivity index (χ0v) is 17.7. The molecule has 6 rings (SSSR count). The van der Waals surface area contributed by atoms with Crippen molar-refractivity contribution >= 4 is 10.0 Å². The van der Waals surface area contributed by atoms with Gasteiger partial charge in [0.2, 0.25) is 10.0 Å². The minimum absolute atomic E-state index is 0.0265. The third kappa shape index (κ3) is 3.47. The van der Waals surface area contributed by atoms with Crippen LogP contribution >= 0.6 is 0 Å². The highest BCUT2D eigenvalue weighted by molar-refractivity contribution is 7.89. The van der Waals surface area contributed by atoms with Gasteiger partial charge in [0.25, 0.3) is 0 Å². The Kier molecular flexibility index (Phi) is 4.97. The molecule has 4 heterocycles. The number of halogens is 1. The van der Waals surface area contributed by atoms with Gasteiger partial charge in [-0.25, -0.2) is 12.8 Å². The van der Waals surface area contributed by atoms with Gasteiger partial charge in [-0.05, 0) is 67.1 Å². The Morgan fingerprint density at radius 1 is 1.03 bits per heavy atom. The van der Waals surface area contributed by atoms with Gasteiger partial charge in [0, 0.05) is 13.1 Å². The van der Waals surface area contributed by atoms with Crippen LogP contribution in [-0.2, 0) is 16.4 Å². The summed E-state index contributed by atoms with van der Waals surface area (Å²) in [7, 11) is -3.75. The van der Waals surface area contributed by atoms with Crippen LogP contribution in [0.2, 0.25) is 0 Å². The molecule has 0 amide bonds. The van der Waals surface area contributed by atoms with Crippen molar-refractivity contribution in [2.45, 2.75) is 30.9 Å². The van der Waals surface area contributed by atoms with Crippen LogP contribution in [0.4, 0.5) is 4.39 Å². The summed E-state index contributed by atoms with van der Waals surface area (Å²) in [5.74, 6) is -0.585. The number of sulfonamides is 1. The lowest BCUT2D eigenvalue weighted by Crippen LogP contribution is -2.63. The summed E-state index contributed by atoms with van der Waals surface area (Å²) >= 11 is 0. The molecule has 1 unspecified atom stereocenters. The zero-order valence-electron chi connectivity index (χ0n) is 16.9. The molecule has 7 heteroatoms. The van der Waals surface area contributed by atoms with Crippen LogP contribution in [0.15, 0.2) is 48.5 Å². The molecule has 2 bridgehead atoms. The van der Waals surface area contributed by atoms with E-state index in [1.165, 1.54) is 16.4 Å². The van der Waals surface area contributed by atoms with Gasteiger partial charge < -0.3 is 10.0 Å². The maximum absolute atomic E-state index is 13.7. The fraction of sp³-hybridized carbons (Fsp3) is 0.478. The number of hydrogen-bond donors (Lipinski definition) is 1. The molecule has 0 aromatic heterocycles. The largest absolute Gasteiger partial charge is 0.387 e. The van der Waals surface area contributed by atoms with E-state index in [2.05, 4.69) is 4.90 Å². The standard InChI is InChI=1S/C23H27FN2O3S/c24-20-7-5-18(6-8-20)22-21-4-2-1-3-17(21)9-14-26(22)30(28,29)16-23(27)15-25-12-10-19(23)11-13-25/h1-8,19,22,27H,9-16H2/t22-,23?/m0/s1.